The molecular weight excluding hydrogens is 312 g/mol. The lowest BCUT2D eigenvalue weighted by Crippen LogP contribution is -2.10. The lowest BCUT2D eigenvalue weighted by molar-refractivity contribution is 0.760. The molecule has 1 heterocycles. The quantitative estimate of drug-likeness (QED) is 0.877. The van der Waals surface area contributed by atoms with Gasteiger partial charge in [-0.25, -0.2) is 0 Å². The summed E-state index contributed by atoms with van der Waals surface area (Å²) in [4.78, 5) is 0. The molecule has 0 bridgehead atoms. The molecule has 4 nitrogen and oxygen atoms in total. The molecule has 1 unspecified atom stereocenters. The first-order valence-electron chi connectivity index (χ1n) is 5.60. The molecule has 0 aliphatic rings. The number of rotatable bonds is 4. The Bertz CT molecular complexity index is 523. The highest BCUT2D eigenvalue weighted by Gasteiger charge is 2.15. The zero-order valence-electron chi connectivity index (χ0n) is 10.3. The van der Waals surface area contributed by atoms with Crippen LogP contribution in [0.15, 0.2) is 33.9 Å². The van der Waals surface area contributed by atoms with E-state index in [1.807, 2.05) is 30.7 Å². The second-order valence-corrected chi connectivity index (χ2v) is 6.07. The zero-order valence-corrected chi connectivity index (χ0v) is 12.7. The second-order valence-electron chi connectivity index (χ2n) is 3.98. The average Bonchev–Trinajstić information content (AvgIpc) is 2.69. The highest BCUT2D eigenvalue weighted by Crippen LogP contribution is 2.33. The van der Waals surface area contributed by atoms with E-state index in [2.05, 4.69) is 38.3 Å². The molecule has 0 aliphatic carbocycles. The molecule has 18 heavy (non-hydrogen) atoms. The molecule has 2 aromatic rings. The van der Waals surface area contributed by atoms with E-state index in [4.69, 9.17) is 5.73 Å². The fourth-order valence-electron chi connectivity index (χ4n) is 1.55. The fourth-order valence-corrected chi connectivity index (χ4v) is 2.83. The van der Waals surface area contributed by atoms with Crippen molar-refractivity contribution in [2.24, 2.45) is 12.8 Å². The van der Waals surface area contributed by atoms with E-state index in [9.17, 15) is 0 Å². The topological polar surface area (TPSA) is 56.7 Å². The van der Waals surface area contributed by atoms with Crippen LogP contribution < -0.4 is 5.73 Å². The first kappa shape index (κ1) is 13.6. The van der Waals surface area contributed by atoms with Crippen LogP contribution in [0.4, 0.5) is 0 Å². The van der Waals surface area contributed by atoms with Gasteiger partial charge in [0, 0.05) is 23.3 Å². The van der Waals surface area contributed by atoms with Gasteiger partial charge in [-0.15, -0.1) is 10.2 Å². The Hall–Kier alpha value is -0.850. The van der Waals surface area contributed by atoms with E-state index in [0.717, 1.165) is 15.5 Å². The number of nitrogens with two attached hydrogens (primary N) is 1. The highest BCUT2D eigenvalue weighted by molar-refractivity contribution is 9.10. The van der Waals surface area contributed by atoms with Crippen molar-refractivity contribution in [2.75, 3.05) is 6.54 Å². The monoisotopic (exact) mass is 326 g/mol. The van der Waals surface area contributed by atoms with Crippen LogP contribution in [0, 0.1) is 6.92 Å². The molecule has 0 fully saturated rings. The van der Waals surface area contributed by atoms with Crippen LogP contribution in [-0.4, -0.2) is 21.3 Å². The Morgan fingerprint density at radius 3 is 2.50 bits per heavy atom. The number of nitrogens with zero attached hydrogens (tertiary/aromatic N) is 3. The number of benzene rings is 1. The van der Waals surface area contributed by atoms with Crippen LogP contribution in [0.25, 0.3) is 0 Å². The Labute approximate surface area is 119 Å². The number of hydrogen-bond donors (Lipinski definition) is 1. The maximum atomic E-state index is 5.86. The molecule has 0 amide bonds. The first-order chi connectivity index (χ1) is 8.61. The van der Waals surface area contributed by atoms with Crippen LogP contribution in [0.3, 0.4) is 0 Å². The maximum absolute atomic E-state index is 5.86. The molecule has 1 atom stereocenters. The Kier molecular flexibility index (Phi) is 4.42. The maximum Gasteiger partial charge on any atom is 0.191 e. The van der Waals surface area contributed by atoms with E-state index >= 15 is 0 Å². The van der Waals surface area contributed by atoms with Gasteiger partial charge in [-0.1, -0.05) is 39.8 Å². The van der Waals surface area contributed by atoms with E-state index < -0.39 is 0 Å². The molecule has 0 saturated carbocycles. The molecule has 0 saturated heterocycles. The number of aryl methyl sites for hydroxylation is 1. The van der Waals surface area contributed by atoms with Gasteiger partial charge in [-0.2, -0.15) is 0 Å². The number of thioether (sulfide) groups is 1. The standard InChI is InChI=1S/C12H15BrN4S/c1-8-15-16-12(17(8)2)18-11(7-14)9-3-5-10(13)6-4-9/h3-6,11H,7,14H2,1-2H3. The van der Waals surface area contributed by atoms with Gasteiger partial charge < -0.3 is 10.3 Å². The van der Waals surface area contributed by atoms with Crippen molar-refractivity contribution in [3.05, 3.63) is 40.1 Å². The van der Waals surface area contributed by atoms with Gasteiger partial charge in [0.2, 0.25) is 0 Å². The summed E-state index contributed by atoms with van der Waals surface area (Å²) in [5.41, 5.74) is 7.06. The second kappa shape index (κ2) is 5.86. The van der Waals surface area contributed by atoms with Crippen molar-refractivity contribution in [2.45, 2.75) is 17.3 Å². The van der Waals surface area contributed by atoms with Crippen molar-refractivity contribution in [3.63, 3.8) is 0 Å². The Morgan fingerprint density at radius 2 is 2.00 bits per heavy atom. The van der Waals surface area contributed by atoms with E-state index in [1.54, 1.807) is 11.8 Å². The average molecular weight is 327 g/mol. The molecule has 1 aromatic heterocycles. The normalized spacial score (nSPS) is 12.7. The first-order valence-corrected chi connectivity index (χ1v) is 7.27. The summed E-state index contributed by atoms with van der Waals surface area (Å²) >= 11 is 5.08. The van der Waals surface area contributed by atoms with Gasteiger partial charge in [0.05, 0.1) is 0 Å². The molecular formula is C12H15BrN4S. The van der Waals surface area contributed by atoms with Crippen molar-refractivity contribution in [1.82, 2.24) is 14.8 Å². The largest absolute Gasteiger partial charge is 0.329 e. The van der Waals surface area contributed by atoms with Gasteiger partial charge in [-0.3, -0.25) is 0 Å². The zero-order chi connectivity index (χ0) is 13.1. The van der Waals surface area contributed by atoms with Gasteiger partial charge in [-0.05, 0) is 24.6 Å². The van der Waals surface area contributed by atoms with Crippen molar-refractivity contribution >= 4 is 27.7 Å². The molecule has 0 aliphatic heterocycles. The van der Waals surface area contributed by atoms with Crippen LogP contribution >= 0.6 is 27.7 Å². The van der Waals surface area contributed by atoms with Gasteiger partial charge in [0.15, 0.2) is 5.16 Å². The van der Waals surface area contributed by atoms with Crippen LogP contribution in [0.1, 0.15) is 16.6 Å². The van der Waals surface area contributed by atoms with Crippen molar-refractivity contribution in [3.8, 4) is 0 Å². The van der Waals surface area contributed by atoms with E-state index in [0.29, 0.717) is 6.54 Å². The predicted octanol–water partition coefficient (Wildman–Crippen LogP) is 2.68. The minimum Gasteiger partial charge on any atom is -0.329 e. The third kappa shape index (κ3) is 2.93. The predicted molar refractivity (Wildman–Crippen MR) is 77.5 cm³/mol. The van der Waals surface area contributed by atoms with Gasteiger partial charge in [0.1, 0.15) is 5.82 Å². The summed E-state index contributed by atoms with van der Waals surface area (Å²) < 4.78 is 3.05. The van der Waals surface area contributed by atoms with Crippen molar-refractivity contribution < 1.29 is 0 Å². The number of aromatic nitrogens is 3. The lowest BCUT2D eigenvalue weighted by atomic mass is 10.1. The van der Waals surface area contributed by atoms with Crippen LogP contribution in [0.2, 0.25) is 0 Å². The molecule has 1 aromatic carbocycles. The number of hydrogen-bond acceptors (Lipinski definition) is 4. The third-order valence-corrected chi connectivity index (χ3v) is 4.60. The highest BCUT2D eigenvalue weighted by atomic mass is 79.9. The molecule has 96 valence electrons. The molecule has 0 radical (unpaired) electrons. The molecule has 0 spiro atoms. The summed E-state index contributed by atoms with van der Waals surface area (Å²) in [6, 6.07) is 8.22. The summed E-state index contributed by atoms with van der Waals surface area (Å²) in [5.74, 6) is 0.907. The Balaban J connectivity index is 2.19. The summed E-state index contributed by atoms with van der Waals surface area (Å²) in [7, 11) is 1.97. The third-order valence-electron chi connectivity index (χ3n) is 2.76. The minimum absolute atomic E-state index is 0.195. The number of halogens is 1. The minimum atomic E-state index is 0.195. The molecule has 2 rings (SSSR count). The van der Waals surface area contributed by atoms with E-state index in [1.165, 1.54) is 5.56 Å². The molecule has 6 heteroatoms. The summed E-state index contributed by atoms with van der Waals surface area (Å²) in [5, 5.41) is 9.30. The Morgan fingerprint density at radius 1 is 1.33 bits per heavy atom. The van der Waals surface area contributed by atoms with Crippen molar-refractivity contribution in [1.29, 1.82) is 0 Å². The smallest absolute Gasteiger partial charge is 0.191 e. The van der Waals surface area contributed by atoms with Crippen LogP contribution in [-0.2, 0) is 7.05 Å². The SMILES string of the molecule is Cc1nnc(SC(CN)c2ccc(Br)cc2)n1C. The fraction of sp³-hybridized carbons (Fsp3) is 0.333. The van der Waals surface area contributed by atoms with Gasteiger partial charge >= 0.3 is 0 Å². The van der Waals surface area contributed by atoms with Gasteiger partial charge in [0.25, 0.3) is 0 Å². The lowest BCUT2D eigenvalue weighted by Gasteiger charge is -2.14. The summed E-state index contributed by atoms with van der Waals surface area (Å²) in [6.07, 6.45) is 0. The summed E-state index contributed by atoms with van der Waals surface area (Å²) in [6.45, 7) is 2.51. The van der Waals surface area contributed by atoms with E-state index in [-0.39, 0.29) is 5.25 Å². The molecule has 2 N–H and O–H groups in total. The van der Waals surface area contributed by atoms with Crippen LogP contribution in [0.5, 0.6) is 0 Å².